The molecule has 0 amide bonds. The van der Waals surface area contributed by atoms with Crippen LogP contribution in [-0.2, 0) is 6.54 Å². The normalized spacial score (nSPS) is 26.4. The average molecular weight is 329 g/mol. The van der Waals surface area contributed by atoms with Gasteiger partial charge in [-0.15, -0.1) is 0 Å². The van der Waals surface area contributed by atoms with Gasteiger partial charge in [0.15, 0.2) is 0 Å². The fourth-order valence-electron chi connectivity index (χ4n) is 3.18. The molecule has 2 heterocycles. The third kappa shape index (κ3) is 4.29. The van der Waals surface area contributed by atoms with E-state index in [1.165, 1.54) is 0 Å². The van der Waals surface area contributed by atoms with Crippen LogP contribution in [0.15, 0.2) is 48.9 Å². The first-order valence-corrected chi connectivity index (χ1v) is 8.16. The van der Waals surface area contributed by atoms with Crippen molar-refractivity contribution in [1.82, 2.24) is 15.3 Å². The predicted molar refractivity (Wildman–Crippen MR) is 89.4 cm³/mol. The van der Waals surface area contributed by atoms with Gasteiger partial charge >= 0.3 is 0 Å². The minimum absolute atomic E-state index is 0.316. The Morgan fingerprint density at radius 2 is 1.96 bits per heavy atom. The molecule has 0 aliphatic heterocycles. The van der Waals surface area contributed by atoms with Crippen LogP contribution in [0.3, 0.4) is 0 Å². The number of nitrogens with zero attached hydrogens (tertiary/aromatic N) is 2. The number of hydrogen-bond donors (Lipinski definition) is 3. The average Bonchev–Trinajstić information content (AvgIpc) is 2.90. The Bertz CT molecular complexity index is 614. The molecule has 3 rings (SSSR count). The van der Waals surface area contributed by atoms with Crippen LogP contribution in [0.2, 0.25) is 0 Å². The van der Waals surface area contributed by atoms with E-state index in [1.807, 2.05) is 30.3 Å². The third-order valence-corrected chi connectivity index (χ3v) is 4.44. The number of aliphatic hydroxyl groups excluding tert-OH is 2. The first kappa shape index (κ1) is 16.8. The molecule has 6 heteroatoms. The van der Waals surface area contributed by atoms with E-state index in [9.17, 15) is 10.2 Å². The molecule has 6 nitrogen and oxygen atoms in total. The molecular weight excluding hydrogens is 306 g/mol. The summed E-state index contributed by atoms with van der Waals surface area (Å²) in [5, 5.41) is 23.4. The second-order valence-corrected chi connectivity index (χ2v) is 6.44. The summed E-state index contributed by atoms with van der Waals surface area (Å²) in [6.07, 6.45) is 4.71. The summed E-state index contributed by atoms with van der Waals surface area (Å²) in [7, 11) is 0. The topological polar surface area (TPSA) is 87.5 Å². The van der Waals surface area contributed by atoms with Crippen molar-refractivity contribution in [2.45, 2.75) is 31.6 Å². The molecule has 3 atom stereocenters. The van der Waals surface area contributed by atoms with Crippen molar-refractivity contribution < 1.29 is 14.9 Å². The van der Waals surface area contributed by atoms with Gasteiger partial charge in [0.05, 0.1) is 30.7 Å². The maximum absolute atomic E-state index is 9.99. The van der Waals surface area contributed by atoms with E-state index in [0.29, 0.717) is 38.3 Å². The lowest BCUT2D eigenvalue weighted by Gasteiger charge is -2.29. The van der Waals surface area contributed by atoms with E-state index in [2.05, 4.69) is 15.3 Å². The van der Waals surface area contributed by atoms with Crippen molar-refractivity contribution >= 4 is 0 Å². The van der Waals surface area contributed by atoms with Crippen molar-refractivity contribution in [2.24, 2.45) is 5.41 Å². The Hall–Kier alpha value is -2.02. The van der Waals surface area contributed by atoms with Gasteiger partial charge in [0, 0.05) is 30.9 Å². The fraction of sp³-hybridized carbons (Fsp3) is 0.444. The lowest BCUT2D eigenvalue weighted by atomic mass is 9.86. The summed E-state index contributed by atoms with van der Waals surface area (Å²) < 4.78 is 5.85. The predicted octanol–water partition coefficient (Wildman–Crippen LogP) is 1.15. The molecule has 1 saturated carbocycles. The van der Waals surface area contributed by atoms with Crippen molar-refractivity contribution in [3.8, 4) is 5.75 Å². The number of ether oxygens (including phenoxy) is 1. The van der Waals surface area contributed by atoms with Crippen LogP contribution in [0, 0.1) is 5.41 Å². The standard InChI is InChI=1S/C18H23N3O3/c22-16-8-18(9-17(16)23,13-24-15-5-3-6-19-11-15)12-20-10-14-4-1-2-7-21-14/h1-7,11,16-17,20,22-23H,8-10,12-13H2/t16-,17+,18?. The molecule has 24 heavy (non-hydrogen) atoms. The Labute approximate surface area is 141 Å². The molecule has 3 N–H and O–H groups in total. The monoisotopic (exact) mass is 329 g/mol. The third-order valence-electron chi connectivity index (χ3n) is 4.44. The summed E-state index contributed by atoms with van der Waals surface area (Å²) in [4.78, 5) is 8.32. The largest absolute Gasteiger partial charge is 0.491 e. The molecule has 0 spiro atoms. The van der Waals surface area contributed by atoms with E-state index < -0.39 is 12.2 Å². The van der Waals surface area contributed by atoms with Gasteiger partial charge in [0.25, 0.3) is 0 Å². The summed E-state index contributed by atoms with van der Waals surface area (Å²) in [5.41, 5.74) is 0.642. The highest BCUT2D eigenvalue weighted by Gasteiger charge is 2.44. The second kappa shape index (κ2) is 7.70. The molecule has 0 radical (unpaired) electrons. The van der Waals surface area contributed by atoms with Gasteiger partial charge in [-0.25, -0.2) is 0 Å². The van der Waals surface area contributed by atoms with E-state index >= 15 is 0 Å². The van der Waals surface area contributed by atoms with Gasteiger partial charge in [-0.3, -0.25) is 9.97 Å². The van der Waals surface area contributed by atoms with Gasteiger partial charge in [-0.05, 0) is 37.1 Å². The van der Waals surface area contributed by atoms with E-state index in [4.69, 9.17) is 4.74 Å². The highest BCUT2D eigenvalue weighted by Crippen LogP contribution is 2.38. The van der Waals surface area contributed by atoms with Crippen LogP contribution in [0.25, 0.3) is 0 Å². The van der Waals surface area contributed by atoms with Crippen LogP contribution in [0.1, 0.15) is 18.5 Å². The molecule has 0 bridgehead atoms. The Morgan fingerprint density at radius 1 is 1.12 bits per heavy atom. The fourth-order valence-corrected chi connectivity index (χ4v) is 3.18. The number of rotatable bonds is 7. The summed E-state index contributed by atoms with van der Waals surface area (Å²) in [5.74, 6) is 0.692. The SMILES string of the molecule is O[C@@H]1CC(CNCc2ccccn2)(COc2cccnc2)C[C@@H]1O. The number of aliphatic hydroxyl groups is 2. The highest BCUT2D eigenvalue weighted by atomic mass is 16.5. The molecule has 128 valence electrons. The van der Waals surface area contributed by atoms with Gasteiger partial charge in [0.2, 0.25) is 0 Å². The minimum atomic E-state index is -0.709. The quantitative estimate of drug-likeness (QED) is 0.706. The lowest BCUT2D eigenvalue weighted by molar-refractivity contribution is 0.0438. The molecule has 2 aromatic rings. The number of aromatic nitrogens is 2. The zero-order valence-corrected chi connectivity index (χ0v) is 13.5. The van der Waals surface area contributed by atoms with E-state index in [0.717, 1.165) is 5.69 Å². The molecular formula is C18H23N3O3. The van der Waals surface area contributed by atoms with Gasteiger partial charge in [0.1, 0.15) is 5.75 Å². The number of nitrogens with one attached hydrogen (secondary N) is 1. The van der Waals surface area contributed by atoms with Crippen molar-refractivity contribution in [1.29, 1.82) is 0 Å². The molecule has 2 aromatic heterocycles. The molecule has 0 saturated heterocycles. The van der Waals surface area contributed by atoms with Gasteiger partial charge in [-0.2, -0.15) is 0 Å². The van der Waals surface area contributed by atoms with Crippen molar-refractivity contribution in [3.63, 3.8) is 0 Å². The summed E-state index contributed by atoms with van der Waals surface area (Å²) in [6.45, 7) is 1.70. The maximum atomic E-state index is 9.99. The second-order valence-electron chi connectivity index (χ2n) is 6.44. The van der Waals surface area contributed by atoms with Crippen LogP contribution < -0.4 is 10.1 Å². The van der Waals surface area contributed by atoms with E-state index in [-0.39, 0.29) is 5.41 Å². The molecule has 1 fully saturated rings. The maximum Gasteiger partial charge on any atom is 0.137 e. The van der Waals surface area contributed by atoms with Crippen LogP contribution in [-0.4, -0.2) is 45.5 Å². The minimum Gasteiger partial charge on any atom is -0.491 e. The highest BCUT2D eigenvalue weighted by molar-refractivity contribution is 5.16. The first-order valence-electron chi connectivity index (χ1n) is 8.16. The smallest absolute Gasteiger partial charge is 0.137 e. The lowest BCUT2D eigenvalue weighted by Crippen LogP contribution is -2.38. The summed E-state index contributed by atoms with van der Waals surface area (Å²) in [6, 6.07) is 9.47. The zero-order valence-electron chi connectivity index (χ0n) is 13.5. The number of pyridine rings is 2. The van der Waals surface area contributed by atoms with Crippen molar-refractivity contribution in [3.05, 3.63) is 54.6 Å². The Kier molecular flexibility index (Phi) is 5.40. The Balaban J connectivity index is 1.60. The Morgan fingerprint density at radius 3 is 2.62 bits per heavy atom. The zero-order chi connectivity index (χ0) is 16.8. The van der Waals surface area contributed by atoms with Crippen LogP contribution in [0.4, 0.5) is 0 Å². The summed E-state index contributed by atoms with van der Waals surface area (Å²) >= 11 is 0. The molecule has 1 aliphatic carbocycles. The van der Waals surface area contributed by atoms with Crippen LogP contribution in [0.5, 0.6) is 5.75 Å². The van der Waals surface area contributed by atoms with Gasteiger partial charge < -0.3 is 20.3 Å². The molecule has 1 unspecified atom stereocenters. The molecule has 1 aliphatic rings. The molecule has 0 aromatic carbocycles. The number of hydrogen-bond acceptors (Lipinski definition) is 6. The first-order chi connectivity index (χ1) is 11.7. The van der Waals surface area contributed by atoms with Crippen molar-refractivity contribution in [2.75, 3.05) is 13.2 Å². The van der Waals surface area contributed by atoms with Crippen LogP contribution >= 0.6 is 0 Å². The van der Waals surface area contributed by atoms with E-state index in [1.54, 1.807) is 18.6 Å². The van der Waals surface area contributed by atoms with Gasteiger partial charge in [-0.1, -0.05) is 6.07 Å².